The lowest BCUT2D eigenvalue weighted by molar-refractivity contribution is -0.117. The molecule has 1 fully saturated rings. The number of hydrogen-bond acceptors (Lipinski definition) is 4. The van der Waals surface area contributed by atoms with E-state index in [0.717, 1.165) is 5.56 Å². The second kappa shape index (κ2) is 10.1. The Hall–Kier alpha value is -3.24. The normalized spacial score (nSPS) is 16.9. The van der Waals surface area contributed by atoms with Gasteiger partial charge in [-0.2, -0.15) is 5.26 Å². The van der Waals surface area contributed by atoms with Crippen LogP contribution in [0.2, 0.25) is 10.0 Å². The van der Waals surface area contributed by atoms with E-state index in [1.165, 1.54) is 22.7 Å². The fourth-order valence-corrected chi connectivity index (χ4v) is 5.05. The molecule has 3 aromatic carbocycles. The number of para-hydroxylation sites is 1. The smallest absolute Gasteiger partial charge is 0.269 e. The highest BCUT2D eigenvalue weighted by Crippen LogP contribution is 2.42. The molecule has 1 aliphatic heterocycles. The average molecular weight is 494 g/mol. The summed E-state index contributed by atoms with van der Waals surface area (Å²) in [5.41, 5.74) is 1.68. The van der Waals surface area contributed by atoms with Crippen LogP contribution in [0.5, 0.6) is 0 Å². The number of carbonyl (C=O) groups is 2. The van der Waals surface area contributed by atoms with E-state index in [9.17, 15) is 14.9 Å². The Labute approximate surface area is 205 Å². The molecule has 1 unspecified atom stereocenters. The first-order valence-corrected chi connectivity index (χ1v) is 11.6. The molecule has 8 heteroatoms. The van der Waals surface area contributed by atoms with E-state index in [4.69, 9.17) is 23.2 Å². The van der Waals surface area contributed by atoms with E-state index in [2.05, 4.69) is 5.32 Å². The Balaban J connectivity index is 1.73. The summed E-state index contributed by atoms with van der Waals surface area (Å²) < 4.78 is 0. The largest absolute Gasteiger partial charge is 0.320 e. The Morgan fingerprint density at radius 2 is 1.70 bits per heavy atom. The summed E-state index contributed by atoms with van der Waals surface area (Å²) in [6.45, 7) is 0. The number of halogens is 2. The van der Waals surface area contributed by atoms with Gasteiger partial charge < -0.3 is 5.32 Å². The molecule has 164 valence electrons. The van der Waals surface area contributed by atoms with Crippen LogP contribution in [0.3, 0.4) is 0 Å². The summed E-state index contributed by atoms with van der Waals surface area (Å²) in [5.74, 6) is -0.857. The summed E-state index contributed by atoms with van der Waals surface area (Å²) in [4.78, 5) is 28.0. The number of thioether (sulfide) groups is 1. The first kappa shape index (κ1) is 22.9. The van der Waals surface area contributed by atoms with E-state index in [-0.39, 0.29) is 27.2 Å². The molecule has 0 saturated carbocycles. The van der Waals surface area contributed by atoms with Crippen molar-refractivity contribution in [3.63, 3.8) is 0 Å². The van der Waals surface area contributed by atoms with Crippen molar-refractivity contribution in [3.05, 3.63) is 105 Å². The third-order valence-electron chi connectivity index (χ3n) is 4.96. The fourth-order valence-electron chi connectivity index (χ4n) is 3.41. The fraction of sp³-hybridized carbons (Fsp3) is 0.0800. The lowest BCUT2D eigenvalue weighted by atomic mass is 10.1. The Bertz CT molecular complexity index is 1270. The number of benzene rings is 3. The highest BCUT2D eigenvalue weighted by atomic mass is 35.5. The quantitative estimate of drug-likeness (QED) is 0.346. The van der Waals surface area contributed by atoms with Crippen molar-refractivity contribution >= 4 is 58.2 Å². The maximum absolute atomic E-state index is 13.4. The predicted molar refractivity (Wildman–Crippen MR) is 133 cm³/mol. The van der Waals surface area contributed by atoms with Gasteiger partial charge >= 0.3 is 0 Å². The van der Waals surface area contributed by atoms with Gasteiger partial charge in [0.1, 0.15) is 16.7 Å². The van der Waals surface area contributed by atoms with Crippen LogP contribution in [0.25, 0.3) is 0 Å². The molecule has 1 aliphatic rings. The lowest BCUT2D eigenvalue weighted by Crippen LogP contribution is -2.30. The molecule has 1 saturated heterocycles. The van der Waals surface area contributed by atoms with Gasteiger partial charge in [-0.3, -0.25) is 14.5 Å². The molecule has 0 spiro atoms. The van der Waals surface area contributed by atoms with Crippen LogP contribution >= 0.6 is 35.0 Å². The third-order valence-corrected chi connectivity index (χ3v) is 6.79. The van der Waals surface area contributed by atoms with Gasteiger partial charge in [-0.05, 0) is 42.3 Å². The van der Waals surface area contributed by atoms with Gasteiger partial charge in [-0.15, -0.1) is 0 Å². The summed E-state index contributed by atoms with van der Waals surface area (Å²) in [7, 11) is 0. The van der Waals surface area contributed by atoms with Crippen molar-refractivity contribution in [3.8, 4) is 6.07 Å². The molecule has 0 aliphatic carbocycles. The Morgan fingerprint density at radius 3 is 2.36 bits per heavy atom. The van der Waals surface area contributed by atoms with Crippen molar-refractivity contribution in [2.45, 2.75) is 11.7 Å². The minimum absolute atomic E-state index is 0.177. The highest BCUT2D eigenvalue weighted by Gasteiger charge is 2.40. The molecule has 1 heterocycles. The molecule has 1 atom stereocenters. The van der Waals surface area contributed by atoms with Crippen LogP contribution in [0, 0.1) is 11.3 Å². The van der Waals surface area contributed by atoms with Crippen LogP contribution < -0.4 is 10.2 Å². The number of amides is 2. The Morgan fingerprint density at radius 1 is 1.03 bits per heavy atom. The predicted octanol–water partition coefficient (Wildman–Crippen LogP) is 6.06. The van der Waals surface area contributed by atoms with E-state index in [1.807, 2.05) is 42.5 Å². The second-order valence-corrected chi connectivity index (χ2v) is 9.21. The van der Waals surface area contributed by atoms with E-state index < -0.39 is 11.2 Å². The van der Waals surface area contributed by atoms with Gasteiger partial charge in [0.05, 0.1) is 16.0 Å². The van der Waals surface area contributed by atoms with Gasteiger partial charge in [0, 0.05) is 10.7 Å². The van der Waals surface area contributed by atoms with Gasteiger partial charge in [0.25, 0.3) is 5.91 Å². The van der Waals surface area contributed by atoms with Crippen molar-refractivity contribution < 1.29 is 9.59 Å². The van der Waals surface area contributed by atoms with Gasteiger partial charge in [-0.25, -0.2) is 0 Å². The van der Waals surface area contributed by atoms with Crippen LogP contribution in [-0.2, 0) is 16.0 Å². The number of carbonyl (C=O) groups excluding carboxylic acids is 2. The molecular weight excluding hydrogens is 477 g/mol. The maximum atomic E-state index is 13.4. The van der Waals surface area contributed by atoms with Crippen LogP contribution in [0.4, 0.5) is 11.4 Å². The molecule has 2 amide bonds. The summed E-state index contributed by atoms with van der Waals surface area (Å²) >= 11 is 13.4. The summed E-state index contributed by atoms with van der Waals surface area (Å²) in [5, 5.41) is 13.0. The Kier molecular flexibility index (Phi) is 7.05. The van der Waals surface area contributed by atoms with Crippen molar-refractivity contribution in [1.82, 2.24) is 0 Å². The van der Waals surface area contributed by atoms with Crippen molar-refractivity contribution in [1.29, 1.82) is 5.26 Å². The monoisotopic (exact) mass is 493 g/mol. The molecule has 33 heavy (non-hydrogen) atoms. The zero-order valence-corrected chi connectivity index (χ0v) is 19.5. The number of nitriles is 1. The molecule has 5 nitrogen and oxygen atoms in total. The number of nitrogens with zero attached hydrogens (tertiary/aromatic N) is 2. The molecule has 4 rings (SSSR count). The zero-order valence-electron chi connectivity index (χ0n) is 17.2. The minimum atomic E-state index is -0.668. The lowest BCUT2D eigenvalue weighted by Gasteiger charge is -2.18. The SMILES string of the molecule is N#CC(C(=O)Nc1cc(Cl)ccc1Cl)=C1SC(Cc2ccccc2)C(=O)N1c1ccccc1. The first-order valence-electron chi connectivity index (χ1n) is 9.98. The van der Waals surface area contributed by atoms with Crippen molar-refractivity contribution in [2.75, 3.05) is 10.2 Å². The molecule has 3 aromatic rings. The van der Waals surface area contributed by atoms with Crippen molar-refractivity contribution in [2.24, 2.45) is 0 Å². The summed E-state index contributed by atoms with van der Waals surface area (Å²) in [6, 6.07) is 25.2. The molecule has 0 radical (unpaired) electrons. The molecule has 0 aromatic heterocycles. The van der Waals surface area contributed by atoms with Gasteiger partial charge in [0.15, 0.2) is 0 Å². The van der Waals surface area contributed by atoms with Crippen LogP contribution in [0.15, 0.2) is 89.5 Å². The van der Waals surface area contributed by atoms with E-state index in [0.29, 0.717) is 17.1 Å². The number of anilines is 2. The number of rotatable bonds is 5. The molecular formula is C25H17Cl2N3O2S. The first-order chi connectivity index (χ1) is 16.0. The highest BCUT2D eigenvalue weighted by molar-refractivity contribution is 8.05. The number of nitrogens with one attached hydrogen (secondary N) is 1. The van der Waals surface area contributed by atoms with E-state index in [1.54, 1.807) is 36.4 Å². The summed E-state index contributed by atoms with van der Waals surface area (Å²) in [6.07, 6.45) is 0.470. The second-order valence-electron chi connectivity index (χ2n) is 7.18. The molecule has 0 bridgehead atoms. The van der Waals surface area contributed by atoms with Gasteiger partial charge in [0.2, 0.25) is 5.91 Å². The minimum Gasteiger partial charge on any atom is -0.320 e. The zero-order chi connectivity index (χ0) is 23.4. The third kappa shape index (κ3) is 5.07. The maximum Gasteiger partial charge on any atom is 0.269 e. The average Bonchev–Trinajstić information content (AvgIpc) is 3.13. The topological polar surface area (TPSA) is 73.2 Å². The van der Waals surface area contributed by atoms with Gasteiger partial charge in [-0.1, -0.05) is 83.5 Å². The number of hydrogen-bond donors (Lipinski definition) is 1. The van der Waals surface area contributed by atoms with Crippen LogP contribution in [-0.4, -0.2) is 17.1 Å². The van der Waals surface area contributed by atoms with Crippen LogP contribution in [0.1, 0.15) is 5.56 Å². The standard InChI is InChI=1S/C25H17Cl2N3O2S/c26-17-11-12-20(27)21(14-17)29-23(31)19(15-28)25-30(18-9-5-2-6-10-18)24(32)22(33-25)13-16-7-3-1-4-8-16/h1-12,14,22H,13H2,(H,29,31). The van der Waals surface area contributed by atoms with E-state index >= 15 is 0 Å². The molecule has 1 N–H and O–H groups in total.